The van der Waals surface area contributed by atoms with E-state index in [2.05, 4.69) is 22.5 Å². The molecule has 21 heavy (non-hydrogen) atoms. The van der Waals surface area contributed by atoms with E-state index < -0.39 is 0 Å². The summed E-state index contributed by atoms with van der Waals surface area (Å²) in [5.41, 5.74) is 1.93. The lowest BCUT2D eigenvalue weighted by Crippen LogP contribution is -2.15. The fraction of sp³-hybridized carbons (Fsp3) is 0.250. The number of hydrogen-bond acceptors (Lipinski definition) is 4. The Labute approximate surface area is 124 Å². The number of nitrogens with zero attached hydrogens (tertiary/aromatic N) is 1. The molecule has 0 bridgehead atoms. The van der Waals surface area contributed by atoms with Crippen molar-refractivity contribution < 1.29 is 9.53 Å². The Morgan fingerprint density at radius 2 is 2.05 bits per heavy atom. The highest BCUT2D eigenvalue weighted by atomic mass is 16.5. The average Bonchev–Trinajstić information content (AvgIpc) is 2.53. The molecule has 0 radical (unpaired) electrons. The molecule has 0 aliphatic heterocycles. The van der Waals surface area contributed by atoms with Gasteiger partial charge in [0.1, 0.15) is 5.75 Å². The Morgan fingerprint density at radius 1 is 1.24 bits per heavy atom. The first-order valence-corrected chi connectivity index (χ1v) is 6.88. The Morgan fingerprint density at radius 3 is 2.81 bits per heavy atom. The topological polar surface area (TPSA) is 63.2 Å². The van der Waals surface area contributed by atoms with Crippen molar-refractivity contribution in [1.82, 2.24) is 4.98 Å². The van der Waals surface area contributed by atoms with Gasteiger partial charge in [0, 0.05) is 12.7 Å². The van der Waals surface area contributed by atoms with Crippen LogP contribution in [0.15, 0.2) is 42.7 Å². The van der Waals surface area contributed by atoms with E-state index in [1.54, 1.807) is 37.7 Å². The van der Waals surface area contributed by atoms with E-state index in [0.29, 0.717) is 17.0 Å². The number of nitrogens with one attached hydrogen (secondary N) is 2. The zero-order valence-corrected chi connectivity index (χ0v) is 12.2. The molecule has 1 aromatic carbocycles. The third kappa shape index (κ3) is 3.72. The first kappa shape index (κ1) is 14.8. The summed E-state index contributed by atoms with van der Waals surface area (Å²) in [7, 11) is 1.58. The largest absolute Gasteiger partial charge is 0.495 e. The van der Waals surface area contributed by atoms with Gasteiger partial charge < -0.3 is 15.4 Å². The maximum Gasteiger partial charge on any atom is 0.257 e. The van der Waals surface area contributed by atoms with Gasteiger partial charge in [-0.3, -0.25) is 9.78 Å². The third-order valence-corrected chi connectivity index (χ3v) is 2.99. The molecule has 0 aliphatic carbocycles. The zero-order valence-electron chi connectivity index (χ0n) is 12.2. The molecule has 1 heterocycles. The van der Waals surface area contributed by atoms with Crippen LogP contribution in [0, 0.1) is 0 Å². The van der Waals surface area contributed by atoms with E-state index in [1.165, 1.54) is 0 Å². The van der Waals surface area contributed by atoms with Gasteiger partial charge in [0.05, 0.1) is 30.2 Å². The number of carbonyl (C=O) groups is 1. The van der Waals surface area contributed by atoms with Crippen LogP contribution in [0.5, 0.6) is 5.75 Å². The molecule has 2 N–H and O–H groups in total. The first-order chi connectivity index (χ1) is 10.3. The molecule has 0 unspecified atom stereocenters. The van der Waals surface area contributed by atoms with Crippen LogP contribution in [0.1, 0.15) is 23.7 Å². The van der Waals surface area contributed by atoms with Crippen LogP contribution in [0.3, 0.4) is 0 Å². The molecule has 0 saturated carbocycles. The fourth-order valence-electron chi connectivity index (χ4n) is 1.93. The SMILES string of the molecule is CCCNc1cnccc1C(=O)Nc1ccccc1OC. The van der Waals surface area contributed by atoms with Crippen molar-refractivity contribution in [3.63, 3.8) is 0 Å². The van der Waals surface area contributed by atoms with Crippen LogP contribution in [-0.2, 0) is 0 Å². The van der Waals surface area contributed by atoms with Crippen LogP contribution in [-0.4, -0.2) is 24.5 Å². The molecule has 2 aromatic rings. The predicted molar refractivity (Wildman–Crippen MR) is 84.0 cm³/mol. The Balaban J connectivity index is 2.20. The number of para-hydroxylation sites is 2. The van der Waals surface area contributed by atoms with Crippen molar-refractivity contribution in [3.8, 4) is 5.75 Å². The minimum Gasteiger partial charge on any atom is -0.495 e. The standard InChI is InChI=1S/C16H19N3O2/c1-3-9-18-14-11-17-10-8-12(14)16(20)19-13-6-4-5-7-15(13)21-2/h4-8,10-11,18H,3,9H2,1-2H3,(H,19,20). The molecular weight excluding hydrogens is 266 g/mol. The van der Waals surface area contributed by atoms with Gasteiger partial charge in [0.2, 0.25) is 0 Å². The molecule has 1 aromatic heterocycles. The maximum absolute atomic E-state index is 12.4. The van der Waals surface area contributed by atoms with Gasteiger partial charge in [-0.25, -0.2) is 0 Å². The molecule has 110 valence electrons. The molecule has 5 nitrogen and oxygen atoms in total. The summed E-state index contributed by atoms with van der Waals surface area (Å²) in [4.78, 5) is 16.5. The molecule has 0 atom stereocenters. The smallest absolute Gasteiger partial charge is 0.257 e. The molecule has 5 heteroatoms. The van der Waals surface area contributed by atoms with Crippen molar-refractivity contribution in [3.05, 3.63) is 48.3 Å². The van der Waals surface area contributed by atoms with Gasteiger partial charge in [-0.15, -0.1) is 0 Å². The number of amides is 1. The highest BCUT2D eigenvalue weighted by molar-refractivity contribution is 6.08. The van der Waals surface area contributed by atoms with E-state index in [9.17, 15) is 4.79 Å². The predicted octanol–water partition coefficient (Wildman–Crippen LogP) is 3.16. The lowest BCUT2D eigenvalue weighted by atomic mass is 10.2. The minimum atomic E-state index is -0.194. The van der Waals surface area contributed by atoms with Crippen molar-refractivity contribution in [1.29, 1.82) is 0 Å². The first-order valence-electron chi connectivity index (χ1n) is 6.88. The zero-order chi connectivity index (χ0) is 15.1. The van der Waals surface area contributed by atoms with Crippen molar-refractivity contribution in [2.75, 3.05) is 24.3 Å². The second-order valence-electron chi connectivity index (χ2n) is 4.50. The van der Waals surface area contributed by atoms with E-state index in [0.717, 1.165) is 18.7 Å². The van der Waals surface area contributed by atoms with Gasteiger partial charge >= 0.3 is 0 Å². The van der Waals surface area contributed by atoms with E-state index >= 15 is 0 Å². The third-order valence-electron chi connectivity index (χ3n) is 2.99. The number of carbonyl (C=O) groups excluding carboxylic acids is 1. The Hall–Kier alpha value is -2.56. The molecule has 0 saturated heterocycles. The van der Waals surface area contributed by atoms with Crippen LogP contribution in [0.2, 0.25) is 0 Å². The van der Waals surface area contributed by atoms with Gasteiger partial charge in [0.15, 0.2) is 0 Å². The summed E-state index contributed by atoms with van der Waals surface area (Å²) < 4.78 is 5.23. The van der Waals surface area contributed by atoms with Gasteiger partial charge in [0.25, 0.3) is 5.91 Å². The van der Waals surface area contributed by atoms with Gasteiger partial charge in [-0.05, 0) is 24.6 Å². The number of ether oxygens (including phenoxy) is 1. The quantitative estimate of drug-likeness (QED) is 0.855. The number of methoxy groups -OCH3 is 1. The van der Waals surface area contributed by atoms with E-state index in [1.807, 2.05) is 12.1 Å². The van der Waals surface area contributed by atoms with Crippen LogP contribution >= 0.6 is 0 Å². The highest BCUT2D eigenvalue weighted by Gasteiger charge is 2.13. The summed E-state index contributed by atoms with van der Waals surface area (Å²) in [6, 6.07) is 9.01. The maximum atomic E-state index is 12.4. The summed E-state index contributed by atoms with van der Waals surface area (Å²) in [5, 5.41) is 6.07. The Bertz CT molecular complexity index is 614. The van der Waals surface area contributed by atoms with Crippen LogP contribution in [0.4, 0.5) is 11.4 Å². The molecule has 0 aliphatic rings. The summed E-state index contributed by atoms with van der Waals surface area (Å²) in [6.07, 6.45) is 4.24. The number of hydrogen-bond donors (Lipinski definition) is 2. The molecule has 0 fully saturated rings. The van der Waals surface area contributed by atoms with Crippen molar-refractivity contribution >= 4 is 17.3 Å². The van der Waals surface area contributed by atoms with Crippen molar-refractivity contribution in [2.24, 2.45) is 0 Å². The second-order valence-corrected chi connectivity index (χ2v) is 4.50. The highest BCUT2D eigenvalue weighted by Crippen LogP contribution is 2.24. The number of anilines is 2. The van der Waals surface area contributed by atoms with Gasteiger partial charge in [-0.1, -0.05) is 19.1 Å². The molecule has 2 rings (SSSR count). The average molecular weight is 285 g/mol. The number of pyridine rings is 1. The minimum absolute atomic E-state index is 0.194. The van der Waals surface area contributed by atoms with Crippen molar-refractivity contribution in [2.45, 2.75) is 13.3 Å². The number of aromatic nitrogens is 1. The summed E-state index contributed by atoms with van der Waals surface area (Å²) >= 11 is 0. The van der Waals surface area contributed by atoms with Crippen LogP contribution < -0.4 is 15.4 Å². The monoisotopic (exact) mass is 285 g/mol. The van der Waals surface area contributed by atoms with E-state index in [4.69, 9.17) is 4.74 Å². The number of rotatable bonds is 6. The number of benzene rings is 1. The van der Waals surface area contributed by atoms with Crippen LogP contribution in [0.25, 0.3) is 0 Å². The van der Waals surface area contributed by atoms with E-state index in [-0.39, 0.29) is 5.91 Å². The second kappa shape index (κ2) is 7.28. The molecule has 1 amide bonds. The lowest BCUT2D eigenvalue weighted by molar-refractivity contribution is 0.102. The fourth-order valence-corrected chi connectivity index (χ4v) is 1.93. The van der Waals surface area contributed by atoms with Gasteiger partial charge in [-0.2, -0.15) is 0 Å². The Kier molecular flexibility index (Phi) is 5.15. The molecule has 0 spiro atoms. The summed E-state index contributed by atoms with van der Waals surface area (Å²) in [6.45, 7) is 2.86. The lowest BCUT2D eigenvalue weighted by Gasteiger charge is -2.13. The molecular formula is C16H19N3O2. The normalized spacial score (nSPS) is 10.0. The summed E-state index contributed by atoms with van der Waals surface area (Å²) in [5.74, 6) is 0.434.